The van der Waals surface area contributed by atoms with E-state index in [0.29, 0.717) is 34.1 Å². The first kappa shape index (κ1) is 21.9. The molecular formula is C22H22BrNO3S2. The molecule has 1 saturated heterocycles. The van der Waals surface area contributed by atoms with Gasteiger partial charge in [0.25, 0.3) is 5.91 Å². The predicted octanol–water partition coefficient (Wildman–Crippen LogP) is 5.91. The topological polar surface area (TPSA) is 47.6 Å². The zero-order valence-electron chi connectivity index (χ0n) is 16.2. The quantitative estimate of drug-likeness (QED) is 0.282. The third-order valence-corrected chi connectivity index (χ3v) is 6.23. The molecule has 0 bridgehead atoms. The van der Waals surface area contributed by atoms with Crippen molar-refractivity contribution in [1.82, 2.24) is 5.32 Å². The third-order valence-electron chi connectivity index (χ3n) is 4.57. The highest BCUT2D eigenvalue weighted by atomic mass is 79.9. The molecule has 0 unspecified atom stereocenters. The summed E-state index contributed by atoms with van der Waals surface area (Å²) in [7, 11) is 0. The first-order valence-electron chi connectivity index (χ1n) is 9.36. The lowest BCUT2D eigenvalue weighted by molar-refractivity contribution is -0.115. The minimum absolute atomic E-state index is 0.185. The Bertz CT molecular complexity index is 928. The Labute approximate surface area is 189 Å². The zero-order valence-corrected chi connectivity index (χ0v) is 19.5. The first-order valence-corrected chi connectivity index (χ1v) is 11.4. The molecule has 0 aliphatic carbocycles. The van der Waals surface area contributed by atoms with Crippen molar-refractivity contribution in [3.8, 4) is 11.5 Å². The fourth-order valence-electron chi connectivity index (χ4n) is 2.77. The molecular weight excluding hydrogens is 470 g/mol. The van der Waals surface area contributed by atoms with Crippen molar-refractivity contribution in [1.29, 1.82) is 0 Å². The van der Waals surface area contributed by atoms with E-state index in [1.165, 1.54) is 17.3 Å². The summed E-state index contributed by atoms with van der Waals surface area (Å²) in [6, 6.07) is 13.9. The highest BCUT2D eigenvalue weighted by Crippen LogP contribution is 2.31. The Balaban J connectivity index is 1.59. The van der Waals surface area contributed by atoms with Crippen LogP contribution in [0.2, 0.25) is 0 Å². The summed E-state index contributed by atoms with van der Waals surface area (Å²) in [4.78, 5) is 12.5. The summed E-state index contributed by atoms with van der Waals surface area (Å²) in [5.41, 5.74) is 2.12. The van der Waals surface area contributed by atoms with E-state index in [4.69, 9.17) is 21.7 Å². The van der Waals surface area contributed by atoms with Crippen LogP contribution in [0, 0.1) is 0 Å². The van der Waals surface area contributed by atoms with Crippen LogP contribution < -0.4 is 14.8 Å². The molecule has 2 aromatic rings. The van der Waals surface area contributed by atoms with Crippen LogP contribution in [-0.2, 0) is 4.79 Å². The van der Waals surface area contributed by atoms with Gasteiger partial charge in [-0.05, 0) is 54.3 Å². The Morgan fingerprint density at radius 3 is 2.55 bits per heavy atom. The highest BCUT2D eigenvalue weighted by Gasteiger charge is 2.22. The fraction of sp³-hybridized carbons (Fsp3) is 0.273. The molecule has 1 atom stereocenters. The zero-order chi connectivity index (χ0) is 20.8. The van der Waals surface area contributed by atoms with Crippen LogP contribution in [0.4, 0.5) is 0 Å². The van der Waals surface area contributed by atoms with Gasteiger partial charge in [0, 0.05) is 10.0 Å². The van der Waals surface area contributed by atoms with Gasteiger partial charge in [-0.15, -0.1) is 0 Å². The maximum atomic E-state index is 11.9. The molecule has 1 heterocycles. The van der Waals surface area contributed by atoms with Crippen LogP contribution in [-0.4, -0.2) is 23.4 Å². The molecule has 0 saturated carbocycles. The van der Waals surface area contributed by atoms with E-state index in [0.717, 1.165) is 22.2 Å². The number of hydrogen-bond acceptors (Lipinski definition) is 5. The molecule has 7 heteroatoms. The second kappa shape index (κ2) is 10.3. The van der Waals surface area contributed by atoms with Crippen LogP contribution in [0.5, 0.6) is 11.5 Å². The fourth-order valence-corrected chi connectivity index (χ4v) is 4.18. The monoisotopic (exact) mass is 491 g/mol. The molecule has 29 heavy (non-hydrogen) atoms. The summed E-state index contributed by atoms with van der Waals surface area (Å²) < 4.78 is 13.1. The van der Waals surface area contributed by atoms with Crippen molar-refractivity contribution in [2.24, 2.45) is 0 Å². The van der Waals surface area contributed by atoms with Gasteiger partial charge in [0.05, 0.1) is 4.91 Å². The smallest absolute Gasteiger partial charge is 0.263 e. The third kappa shape index (κ3) is 6.07. The van der Waals surface area contributed by atoms with Gasteiger partial charge >= 0.3 is 0 Å². The van der Waals surface area contributed by atoms with E-state index in [2.05, 4.69) is 47.2 Å². The number of halogens is 1. The van der Waals surface area contributed by atoms with Crippen molar-refractivity contribution in [2.75, 3.05) is 13.2 Å². The van der Waals surface area contributed by atoms with E-state index in [-0.39, 0.29) is 5.91 Å². The Kier molecular flexibility index (Phi) is 7.75. The lowest BCUT2D eigenvalue weighted by Crippen LogP contribution is -2.17. The molecule has 1 aliphatic heterocycles. The van der Waals surface area contributed by atoms with Gasteiger partial charge in [0.1, 0.15) is 29.0 Å². The molecule has 1 amide bonds. The minimum atomic E-state index is -0.185. The molecule has 0 spiro atoms. The molecule has 1 N–H and O–H groups in total. The molecule has 0 aromatic heterocycles. The predicted molar refractivity (Wildman–Crippen MR) is 127 cm³/mol. The Morgan fingerprint density at radius 1 is 1.17 bits per heavy atom. The molecule has 1 aliphatic rings. The molecule has 4 nitrogen and oxygen atoms in total. The van der Waals surface area contributed by atoms with Crippen LogP contribution >= 0.6 is 39.9 Å². The number of ether oxygens (including phenoxy) is 2. The lowest BCUT2D eigenvalue weighted by Gasteiger charge is -2.12. The largest absolute Gasteiger partial charge is 0.490 e. The Morgan fingerprint density at radius 2 is 1.90 bits per heavy atom. The average molecular weight is 492 g/mol. The summed E-state index contributed by atoms with van der Waals surface area (Å²) in [6.45, 7) is 5.22. The van der Waals surface area contributed by atoms with Crippen molar-refractivity contribution < 1.29 is 14.3 Å². The van der Waals surface area contributed by atoms with Crippen molar-refractivity contribution in [3.63, 3.8) is 0 Å². The van der Waals surface area contributed by atoms with E-state index in [9.17, 15) is 4.79 Å². The first-order chi connectivity index (χ1) is 14.0. The van der Waals surface area contributed by atoms with E-state index < -0.39 is 0 Å². The number of hydrogen-bond donors (Lipinski definition) is 1. The van der Waals surface area contributed by atoms with Crippen LogP contribution in [0.1, 0.15) is 37.3 Å². The number of carbonyl (C=O) groups excluding carboxylic acids is 1. The van der Waals surface area contributed by atoms with E-state index in [1.807, 2.05) is 30.3 Å². The number of thioether (sulfide) groups is 1. The molecule has 1 fully saturated rings. The van der Waals surface area contributed by atoms with Crippen molar-refractivity contribution in [2.45, 2.75) is 26.2 Å². The van der Waals surface area contributed by atoms with E-state index >= 15 is 0 Å². The normalized spacial score (nSPS) is 16.0. The summed E-state index contributed by atoms with van der Waals surface area (Å²) in [6.07, 6.45) is 2.90. The SMILES string of the molecule is CC[C@@H](C)c1ccc(OCCOc2ccc(Br)cc2/C=C2/SC(=S)NC2=O)cc1. The van der Waals surface area contributed by atoms with E-state index in [1.54, 1.807) is 6.08 Å². The number of benzene rings is 2. The summed E-state index contributed by atoms with van der Waals surface area (Å²) >= 11 is 9.76. The average Bonchev–Trinajstić information content (AvgIpc) is 3.03. The standard InChI is InChI=1S/C22H22BrNO3S2/c1-3-14(2)15-4-7-18(8-5-15)26-10-11-27-19-9-6-17(23)12-16(19)13-20-21(25)24-22(28)29-20/h4-9,12-14H,3,10-11H2,1-2H3,(H,24,25,28)/b20-13+/t14-/m1/s1. The summed E-state index contributed by atoms with van der Waals surface area (Å²) in [5.74, 6) is 1.87. The maximum Gasteiger partial charge on any atom is 0.263 e. The van der Waals surface area contributed by atoms with Gasteiger partial charge < -0.3 is 14.8 Å². The second-order valence-corrected chi connectivity index (χ2v) is 9.24. The number of carbonyl (C=O) groups is 1. The van der Waals surface area contributed by atoms with Crippen molar-refractivity contribution >= 4 is 56.2 Å². The molecule has 0 radical (unpaired) electrons. The van der Waals surface area contributed by atoms with Gasteiger partial charge in [-0.25, -0.2) is 0 Å². The van der Waals surface area contributed by atoms with Gasteiger partial charge in [0.2, 0.25) is 0 Å². The van der Waals surface area contributed by atoms with Crippen molar-refractivity contribution in [3.05, 3.63) is 63.0 Å². The summed E-state index contributed by atoms with van der Waals surface area (Å²) in [5, 5.41) is 2.62. The minimum Gasteiger partial charge on any atom is -0.490 e. The van der Waals surface area contributed by atoms with Crippen LogP contribution in [0.3, 0.4) is 0 Å². The molecule has 152 valence electrons. The van der Waals surface area contributed by atoms with Gasteiger partial charge in [-0.3, -0.25) is 4.79 Å². The van der Waals surface area contributed by atoms with Gasteiger partial charge in [0.15, 0.2) is 0 Å². The number of amides is 1. The van der Waals surface area contributed by atoms with Gasteiger partial charge in [-0.1, -0.05) is 65.9 Å². The van der Waals surface area contributed by atoms with Gasteiger partial charge in [-0.2, -0.15) is 0 Å². The number of rotatable bonds is 8. The highest BCUT2D eigenvalue weighted by molar-refractivity contribution is 9.10. The Hall–Kier alpha value is -1.83. The molecule has 3 rings (SSSR count). The van der Waals surface area contributed by atoms with Crippen LogP contribution in [0.25, 0.3) is 6.08 Å². The molecule has 2 aromatic carbocycles. The maximum absolute atomic E-state index is 11.9. The lowest BCUT2D eigenvalue weighted by atomic mass is 9.99. The number of thiocarbonyl (C=S) groups is 1. The van der Waals surface area contributed by atoms with Crippen LogP contribution in [0.15, 0.2) is 51.8 Å². The number of nitrogens with one attached hydrogen (secondary N) is 1. The second-order valence-electron chi connectivity index (χ2n) is 6.61.